The lowest BCUT2D eigenvalue weighted by molar-refractivity contribution is -0.126. The summed E-state index contributed by atoms with van der Waals surface area (Å²) in [5.41, 5.74) is 2.44. The second-order valence-electron chi connectivity index (χ2n) is 7.40. The first-order valence-corrected chi connectivity index (χ1v) is 9.49. The molecule has 0 radical (unpaired) electrons. The first kappa shape index (κ1) is 20.5. The molecule has 0 aromatic heterocycles. The number of amides is 3. The van der Waals surface area contributed by atoms with Crippen molar-refractivity contribution in [2.24, 2.45) is 5.92 Å². The van der Waals surface area contributed by atoms with Gasteiger partial charge in [0.2, 0.25) is 17.7 Å². The summed E-state index contributed by atoms with van der Waals surface area (Å²) in [6.07, 6.45) is 0.0395. The topological polar surface area (TPSA) is 78.5 Å². The van der Waals surface area contributed by atoms with Crippen LogP contribution in [0, 0.1) is 18.7 Å². The predicted octanol–water partition coefficient (Wildman–Crippen LogP) is 3.32. The van der Waals surface area contributed by atoms with Gasteiger partial charge < -0.3 is 15.5 Å². The number of aryl methyl sites for hydroxylation is 1. The van der Waals surface area contributed by atoms with Crippen LogP contribution in [0.25, 0.3) is 0 Å². The van der Waals surface area contributed by atoms with E-state index >= 15 is 0 Å². The second kappa shape index (κ2) is 8.43. The molecule has 152 valence electrons. The van der Waals surface area contributed by atoms with E-state index in [0.717, 1.165) is 11.1 Å². The molecule has 3 amide bonds. The van der Waals surface area contributed by atoms with Gasteiger partial charge in [-0.25, -0.2) is 4.39 Å². The maximum Gasteiger partial charge on any atom is 0.227 e. The quantitative estimate of drug-likeness (QED) is 0.812. The highest BCUT2D eigenvalue weighted by Gasteiger charge is 2.36. The molecule has 0 aliphatic carbocycles. The van der Waals surface area contributed by atoms with Crippen LogP contribution in [0.15, 0.2) is 42.5 Å². The molecule has 1 aliphatic rings. The van der Waals surface area contributed by atoms with Gasteiger partial charge in [0, 0.05) is 25.6 Å². The van der Waals surface area contributed by atoms with Crippen molar-refractivity contribution in [2.75, 3.05) is 16.8 Å². The van der Waals surface area contributed by atoms with E-state index in [9.17, 15) is 18.8 Å². The van der Waals surface area contributed by atoms with Crippen molar-refractivity contribution >= 4 is 29.1 Å². The summed E-state index contributed by atoms with van der Waals surface area (Å²) in [5, 5.41) is 5.62. The fourth-order valence-corrected chi connectivity index (χ4v) is 3.45. The highest BCUT2D eigenvalue weighted by atomic mass is 19.1. The second-order valence-corrected chi connectivity index (χ2v) is 7.40. The van der Waals surface area contributed by atoms with Gasteiger partial charge in [-0.15, -0.1) is 0 Å². The molecule has 2 N–H and O–H groups in total. The average molecular weight is 397 g/mol. The Labute approximate surface area is 169 Å². The summed E-state index contributed by atoms with van der Waals surface area (Å²) in [6.45, 7) is 5.18. The molecule has 6 nitrogen and oxygen atoms in total. The maximum atomic E-state index is 14.2. The number of halogens is 1. The Morgan fingerprint density at radius 2 is 1.97 bits per heavy atom. The number of nitrogens with zero attached hydrogens (tertiary/aromatic N) is 1. The Morgan fingerprint density at radius 1 is 1.21 bits per heavy atom. The van der Waals surface area contributed by atoms with Crippen LogP contribution in [0.2, 0.25) is 0 Å². The molecular formula is C22H24FN3O3. The predicted molar refractivity (Wildman–Crippen MR) is 109 cm³/mol. The molecule has 3 rings (SSSR count). The van der Waals surface area contributed by atoms with Gasteiger partial charge in [0.1, 0.15) is 5.82 Å². The zero-order valence-corrected chi connectivity index (χ0v) is 16.7. The van der Waals surface area contributed by atoms with Gasteiger partial charge in [-0.2, -0.15) is 0 Å². The van der Waals surface area contributed by atoms with Crippen LogP contribution in [0.3, 0.4) is 0 Å². The van der Waals surface area contributed by atoms with Gasteiger partial charge in [-0.1, -0.05) is 18.2 Å². The van der Waals surface area contributed by atoms with Crippen LogP contribution in [0.1, 0.15) is 37.4 Å². The third kappa shape index (κ3) is 4.80. The SMILES string of the molecule is CC(=O)Nc1cccc(C(C)NC(=O)C2CC(=O)N(c3ccc(C)cc3F)C2)c1. The van der Waals surface area contributed by atoms with Gasteiger partial charge in [0.25, 0.3) is 0 Å². The van der Waals surface area contributed by atoms with Gasteiger partial charge >= 0.3 is 0 Å². The zero-order valence-electron chi connectivity index (χ0n) is 16.7. The van der Waals surface area contributed by atoms with Crippen molar-refractivity contribution in [1.82, 2.24) is 5.32 Å². The van der Waals surface area contributed by atoms with Gasteiger partial charge in [-0.05, 0) is 49.2 Å². The molecule has 2 atom stereocenters. The highest BCUT2D eigenvalue weighted by molar-refractivity contribution is 6.00. The highest BCUT2D eigenvalue weighted by Crippen LogP contribution is 2.28. The molecule has 2 aromatic carbocycles. The minimum Gasteiger partial charge on any atom is -0.349 e. The molecule has 7 heteroatoms. The van der Waals surface area contributed by atoms with Crippen LogP contribution in [-0.4, -0.2) is 24.3 Å². The molecule has 0 bridgehead atoms. The van der Waals surface area contributed by atoms with Crippen molar-refractivity contribution in [3.05, 3.63) is 59.4 Å². The first-order chi connectivity index (χ1) is 13.7. The zero-order chi connectivity index (χ0) is 21.1. The Balaban J connectivity index is 1.67. The normalized spacial score (nSPS) is 17.2. The average Bonchev–Trinajstić information content (AvgIpc) is 3.03. The van der Waals surface area contributed by atoms with Gasteiger partial charge in [-0.3, -0.25) is 14.4 Å². The third-order valence-corrected chi connectivity index (χ3v) is 4.96. The summed E-state index contributed by atoms with van der Waals surface area (Å²) < 4.78 is 14.2. The summed E-state index contributed by atoms with van der Waals surface area (Å²) in [5.74, 6) is -1.72. The third-order valence-electron chi connectivity index (χ3n) is 4.96. The van der Waals surface area contributed by atoms with E-state index in [-0.39, 0.29) is 42.4 Å². The summed E-state index contributed by atoms with van der Waals surface area (Å²) in [4.78, 5) is 37.6. The van der Waals surface area contributed by atoms with E-state index in [1.165, 1.54) is 17.9 Å². The molecular weight excluding hydrogens is 373 g/mol. The van der Waals surface area contributed by atoms with E-state index in [0.29, 0.717) is 5.69 Å². The number of anilines is 2. The molecule has 2 unspecified atom stereocenters. The maximum absolute atomic E-state index is 14.2. The molecule has 1 saturated heterocycles. The number of hydrogen-bond donors (Lipinski definition) is 2. The number of carbonyl (C=O) groups excluding carboxylic acids is 3. The fourth-order valence-electron chi connectivity index (χ4n) is 3.45. The molecule has 0 spiro atoms. The van der Waals surface area contributed by atoms with E-state index < -0.39 is 11.7 Å². The number of rotatable bonds is 5. The number of carbonyl (C=O) groups is 3. The molecule has 2 aromatic rings. The van der Waals surface area contributed by atoms with Crippen molar-refractivity contribution in [3.63, 3.8) is 0 Å². The van der Waals surface area contributed by atoms with Crippen LogP contribution in [0.5, 0.6) is 0 Å². The summed E-state index contributed by atoms with van der Waals surface area (Å²) >= 11 is 0. The Hall–Kier alpha value is -3.22. The van der Waals surface area contributed by atoms with Crippen molar-refractivity contribution in [3.8, 4) is 0 Å². The van der Waals surface area contributed by atoms with Crippen molar-refractivity contribution in [2.45, 2.75) is 33.2 Å². The van der Waals surface area contributed by atoms with E-state index in [4.69, 9.17) is 0 Å². The Kier molecular flexibility index (Phi) is 5.96. The summed E-state index contributed by atoms with van der Waals surface area (Å²) in [7, 11) is 0. The van der Waals surface area contributed by atoms with E-state index in [2.05, 4.69) is 10.6 Å². The minimum absolute atomic E-state index is 0.0395. The monoisotopic (exact) mass is 397 g/mol. The Morgan fingerprint density at radius 3 is 2.66 bits per heavy atom. The lowest BCUT2D eigenvalue weighted by Crippen LogP contribution is -2.34. The van der Waals surface area contributed by atoms with Crippen LogP contribution >= 0.6 is 0 Å². The fraction of sp³-hybridized carbons (Fsp3) is 0.318. The lowest BCUT2D eigenvalue weighted by atomic mass is 10.0. The first-order valence-electron chi connectivity index (χ1n) is 9.49. The summed E-state index contributed by atoms with van der Waals surface area (Å²) in [6, 6.07) is 11.6. The Bertz CT molecular complexity index is 960. The van der Waals surface area contributed by atoms with E-state index in [1.807, 2.05) is 13.0 Å². The van der Waals surface area contributed by atoms with E-state index in [1.54, 1.807) is 37.3 Å². The van der Waals surface area contributed by atoms with Gasteiger partial charge in [0.05, 0.1) is 17.6 Å². The molecule has 0 saturated carbocycles. The van der Waals surface area contributed by atoms with Crippen molar-refractivity contribution < 1.29 is 18.8 Å². The molecule has 1 aliphatic heterocycles. The van der Waals surface area contributed by atoms with Crippen LogP contribution in [0.4, 0.5) is 15.8 Å². The van der Waals surface area contributed by atoms with Gasteiger partial charge in [0.15, 0.2) is 0 Å². The largest absolute Gasteiger partial charge is 0.349 e. The smallest absolute Gasteiger partial charge is 0.227 e. The molecule has 1 heterocycles. The molecule has 29 heavy (non-hydrogen) atoms. The van der Waals surface area contributed by atoms with Crippen LogP contribution in [-0.2, 0) is 14.4 Å². The number of benzene rings is 2. The number of hydrogen-bond acceptors (Lipinski definition) is 3. The number of nitrogens with one attached hydrogen (secondary N) is 2. The standard InChI is InChI=1S/C22H24FN3O3/c1-13-7-8-20(19(23)9-13)26-12-17(11-21(26)28)22(29)24-14(2)16-5-4-6-18(10-16)25-15(3)27/h4-10,14,17H,11-12H2,1-3H3,(H,24,29)(H,25,27). The molecule has 1 fully saturated rings. The van der Waals surface area contributed by atoms with Crippen LogP contribution < -0.4 is 15.5 Å². The van der Waals surface area contributed by atoms with Crippen molar-refractivity contribution in [1.29, 1.82) is 0 Å². The minimum atomic E-state index is -0.552. The lowest BCUT2D eigenvalue weighted by Gasteiger charge is -2.19.